The van der Waals surface area contributed by atoms with Crippen LogP contribution in [0.4, 0.5) is 10.3 Å². The van der Waals surface area contributed by atoms with Gasteiger partial charge in [0.05, 0.1) is 10.9 Å². The number of aryl methyl sites for hydroxylation is 1. The number of nitrogens with one attached hydrogen (secondary N) is 1. The highest BCUT2D eigenvalue weighted by atomic mass is 32.2. The van der Waals surface area contributed by atoms with E-state index in [1.54, 1.807) is 0 Å². The molecule has 2 heterocycles. The Bertz CT molecular complexity index is 859. The van der Waals surface area contributed by atoms with E-state index < -0.39 is 0 Å². The number of nitrogens with two attached hydrogens (primary N) is 1. The average Bonchev–Trinajstić information content (AvgIpc) is 3.24. The van der Waals surface area contributed by atoms with Crippen LogP contribution in [-0.4, -0.2) is 26.3 Å². The van der Waals surface area contributed by atoms with Gasteiger partial charge in [0.1, 0.15) is 0 Å². The second-order valence-electron chi connectivity index (χ2n) is 5.24. The number of aromatic nitrogens is 3. The molecule has 2 aromatic heterocycles. The number of nitrogen functional groups attached to an aromatic ring is 1. The molecule has 6 nitrogen and oxygen atoms in total. The van der Waals surface area contributed by atoms with Crippen LogP contribution in [0.15, 0.2) is 34.0 Å². The summed E-state index contributed by atoms with van der Waals surface area (Å²) in [6.07, 6.45) is 1.01. The number of anilines is 2. The molecular formula is C16H17N5OS3. The number of nitrogens with zero attached hydrogens (tertiary/aromatic N) is 3. The van der Waals surface area contributed by atoms with Gasteiger partial charge in [-0.25, -0.2) is 4.98 Å². The van der Waals surface area contributed by atoms with E-state index in [9.17, 15) is 4.79 Å². The van der Waals surface area contributed by atoms with Gasteiger partial charge in [-0.05, 0) is 18.9 Å². The summed E-state index contributed by atoms with van der Waals surface area (Å²) in [6, 6.07) is 8.30. The number of carbonyl (C=O) groups excluding carboxylic acids is 1. The summed E-state index contributed by atoms with van der Waals surface area (Å²) in [5, 5.41) is 13.1. The number of hydrogen-bond donors (Lipinski definition) is 2. The van der Waals surface area contributed by atoms with E-state index in [2.05, 4.69) is 51.7 Å². The zero-order valence-corrected chi connectivity index (χ0v) is 16.2. The molecule has 0 aliphatic heterocycles. The van der Waals surface area contributed by atoms with Crippen molar-refractivity contribution in [3.05, 3.63) is 35.2 Å². The molecule has 3 N–H and O–H groups in total. The van der Waals surface area contributed by atoms with Gasteiger partial charge in [-0.3, -0.25) is 4.79 Å². The molecule has 130 valence electrons. The first-order valence-corrected chi connectivity index (χ1v) is 10.2. The third kappa shape index (κ3) is 4.56. The normalized spacial score (nSPS) is 12.1. The third-order valence-electron chi connectivity index (χ3n) is 3.46. The maximum Gasteiger partial charge on any atom is 0.239 e. The van der Waals surface area contributed by atoms with Crippen molar-refractivity contribution in [2.75, 3.05) is 11.1 Å². The van der Waals surface area contributed by atoms with E-state index in [1.807, 2.05) is 12.3 Å². The fourth-order valence-electron chi connectivity index (χ4n) is 2.05. The van der Waals surface area contributed by atoms with Gasteiger partial charge in [0.2, 0.25) is 11.0 Å². The number of rotatable bonds is 6. The van der Waals surface area contributed by atoms with Crippen molar-refractivity contribution >= 4 is 50.6 Å². The first kappa shape index (κ1) is 17.8. The van der Waals surface area contributed by atoms with Crippen LogP contribution < -0.4 is 11.1 Å². The Labute approximate surface area is 157 Å². The lowest BCUT2D eigenvalue weighted by Gasteiger charge is -2.07. The lowest BCUT2D eigenvalue weighted by Crippen LogP contribution is -2.22. The molecule has 25 heavy (non-hydrogen) atoms. The Balaban J connectivity index is 1.62. The maximum atomic E-state index is 12.3. The molecular weight excluding hydrogens is 374 g/mol. The van der Waals surface area contributed by atoms with E-state index in [-0.39, 0.29) is 11.2 Å². The van der Waals surface area contributed by atoms with Crippen molar-refractivity contribution in [2.24, 2.45) is 0 Å². The molecule has 0 saturated heterocycles. The quantitative estimate of drug-likeness (QED) is 0.619. The maximum absolute atomic E-state index is 12.3. The number of thioether (sulfide) groups is 1. The summed E-state index contributed by atoms with van der Waals surface area (Å²) in [7, 11) is 0. The molecule has 3 rings (SSSR count). The van der Waals surface area contributed by atoms with Crippen molar-refractivity contribution in [2.45, 2.75) is 29.9 Å². The largest absolute Gasteiger partial charge is 0.374 e. The van der Waals surface area contributed by atoms with E-state index in [0.29, 0.717) is 14.6 Å². The Morgan fingerprint density at radius 3 is 2.72 bits per heavy atom. The fraction of sp³-hybridized carbons (Fsp3) is 0.250. The molecule has 1 aromatic carbocycles. The zero-order valence-electron chi connectivity index (χ0n) is 13.7. The zero-order chi connectivity index (χ0) is 17.8. The first-order valence-electron chi connectivity index (χ1n) is 7.66. The standard InChI is InChI=1S/C16H17N5OS3/c1-3-10-4-6-11(7-5-10)12-8-23-15(18-12)19-13(22)9(2)24-16-21-20-14(17)25-16/h4-9H,3H2,1-2H3,(H2,17,20)(H,18,19,22)/t9-/m1/s1. The number of hydrogen-bond acceptors (Lipinski definition) is 8. The highest BCUT2D eigenvalue weighted by Crippen LogP contribution is 2.29. The minimum absolute atomic E-state index is 0.124. The summed E-state index contributed by atoms with van der Waals surface area (Å²) >= 11 is 4.01. The van der Waals surface area contributed by atoms with Gasteiger partial charge in [-0.1, -0.05) is 54.3 Å². The monoisotopic (exact) mass is 391 g/mol. The molecule has 0 radical (unpaired) electrons. The van der Waals surface area contributed by atoms with Gasteiger partial charge >= 0.3 is 0 Å². The van der Waals surface area contributed by atoms with Crippen LogP contribution in [0.3, 0.4) is 0 Å². The number of thiazole rings is 1. The van der Waals surface area contributed by atoms with Gasteiger partial charge in [0, 0.05) is 10.9 Å². The minimum Gasteiger partial charge on any atom is -0.374 e. The first-order chi connectivity index (χ1) is 12.0. The Hall–Kier alpha value is -1.97. The van der Waals surface area contributed by atoms with Gasteiger partial charge in [-0.15, -0.1) is 21.5 Å². The summed E-state index contributed by atoms with van der Waals surface area (Å²) in [5.74, 6) is -0.124. The molecule has 3 aromatic rings. The van der Waals surface area contributed by atoms with Crippen LogP contribution in [0, 0.1) is 0 Å². The van der Waals surface area contributed by atoms with Crippen LogP contribution >= 0.6 is 34.4 Å². The molecule has 0 unspecified atom stereocenters. The Morgan fingerprint density at radius 1 is 1.32 bits per heavy atom. The van der Waals surface area contributed by atoms with E-state index in [1.165, 1.54) is 40.0 Å². The number of benzene rings is 1. The summed E-state index contributed by atoms with van der Waals surface area (Å²) in [5.41, 5.74) is 8.74. The van der Waals surface area contributed by atoms with Crippen LogP contribution in [0.2, 0.25) is 0 Å². The molecule has 0 bridgehead atoms. The van der Waals surface area contributed by atoms with E-state index in [0.717, 1.165) is 17.7 Å². The lowest BCUT2D eigenvalue weighted by molar-refractivity contribution is -0.115. The molecule has 1 atom stereocenters. The molecule has 0 saturated carbocycles. The van der Waals surface area contributed by atoms with Gasteiger partial charge < -0.3 is 11.1 Å². The van der Waals surface area contributed by atoms with Crippen LogP contribution in [0.5, 0.6) is 0 Å². The smallest absolute Gasteiger partial charge is 0.239 e. The van der Waals surface area contributed by atoms with Crippen LogP contribution in [0.1, 0.15) is 19.4 Å². The van der Waals surface area contributed by atoms with Crippen molar-refractivity contribution in [3.63, 3.8) is 0 Å². The molecule has 0 aliphatic rings. The SMILES string of the molecule is CCc1ccc(-c2csc(NC(=O)[C@@H](C)Sc3nnc(N)s3)n2)cc1. The summed E-state index contributed by atoms with van der Waals surface area (Å²) < 4.78 is 0.677. The number of amides is 1. The fourth-order valence-corrected chi connectivity index (χ4v) is 4.56. The van der Waals surface area contributed by atoms with Crippen LogP contribution in [0.25, 0.3) is 11.3 Å². The van der Waals surface area contributed by atoms with Gasteiger partial charge in [0.25, 0.3) is 0 Å². The molecule has 1 amide bonds. The van der Waals surface area contributed by atoms with Gasteiger partial charge in [-0.2, -0.15) is 0 Å². The number of carbonyl (C=O) groups is 1. The second-order valence-corrected chi connectivity index (χ2v) is 8.70. The summed E-state index contributed by atoms with van der Waals surface area (Å²) in [4.78, 5) is 16.8. The Morgan fingerprint density at radius 2 is 2.08 bits per heavy atom. The minimum atomic E-state index is -0.316. The highest BCUT2D eigenvalue weighted by molar-refractivity contribution is 8.02. The van der Waals surface area contributed by atoms with Gasteiger partial charge in [0.15, 0.2) is 9.47 Å². The topological polar surface area (TPSA) is 93.8 Å². The predicted octanol–water partition coefficient (Wildman–Crippen LogP) is 3.93. The molecule has 9 heteroatoms. The molecule has 0 fully saturated rings. The molecule has 0 spiro atoms. The van der Waals surface area contributed by atoms with Crippen LogP contribution in [-0.2, 0) is 11.2 Å². The van der Waals surface area contributed by atoms with Crippen molar-refractivity contribution < 1.29 is 4.79 Å². The molecule has 0 aliphatic carbocycles. The predicted molar refractivity (Wildman–Crippen MR) is 105 cm³/mol. The van der Waals surface area contributed by atoms with E-state index >= 15 is 0 Å². The lowest BCUT2D eigenvalue weighted by atomic mass is 10.1. The van der Waals surface area contributed by atoms with Crippen molar-refractivity contribution in [3.8, 4) is 11.3 Å². The van der Waals surface area contributed by atoms with E-state index in [4.69, 9.17) is 5.73 Å². The Kier molecular flexibility index (Phi) is 5.67. The second kappa shape index (κ2) is 7.94. The third-order valence-corrected chi connectivity index (χ3v) is 6.16. The summed E-state index contributed by atoms with van der Waals surface area (Å²) in [6.45, 7) is 3.94. The van der Waals surface area contributed by atoms with Crippen molar-refractivity contribution in [1.29, 1.82) is 0 Å². The van der Waals surface area contributed by atoms with Crippen molar-refractivity contribution in [1.82, 2.24) is 15.2 Å². The average molecular weight is 392 g/mol. The highest BCUT2D eigenvalue weighted by Gasteiger charge is 2.18.